The summed E-state index contributed by atoms with van der Waals surface area (Å²) >= 11 is 3.40. The standard InChI is InChI=1S/C37H31BrN2O8/c1-17(41)19-4-8-22(9-5-19)39-34(44)25-13-12-24-26(31(25)36(39)46)16-27-32(30(24)21-14-28(38)33(43)29(15-21)48-3)37(47)40(35(27)45)23-10-6-20(7-11-23)18(2)42/h4-12,14-15,25-27,30-32,43H,13,16H2,1-3H3. The molecule has 2 aliphatic heterocycles. The lowest BCUT2D eigenvalue weighted by atomic mass is 9.57. The highest BCUT2D eigenvalue weighted by Crippen LogP contribution is 2.59. The normalized spacial score (nSPS) is 26.2. The first-order valence-electron chi connectivity index (χ1n) is 15.7. The Hall–Kier alpha value is -4.90. The van der Waals surface area contributed by atoms with Crippen molar-refractivity contribution in [3.05, 3.63) is 93.5 Å². The number of aromatic hydroxyl groups is 1. The molecular weight excluding hydrogens is 680 g/mol. The van der Waals surface area contributed by atoms with Gasteiger partial charge in [0, 0.05) is 17.0 Å². The van der Waals surface area contributed by atoms with Crippen molar-refractivity contribution < 1.29 is 38.6 Å². The second kappa shape index (κ2) is 11.7. The molecule has 3 aromatic carbocycles. The third kappa shape index (κ3) is 4.74. The molecule has 7 rings (SSSR count). The van der Waals surface area contributed by atoms with Gasteiger partial charge < -0.3 is 9.84 Å². The van der Waals surface area contributed by atoms with Gasteiger partial charge in [-0.05, 0) is 115 Å². The van der Waals surface area contributed by atoms with E-state index in [1.54, 1.807) is 60.7 Å². The van der Waals surface area contributed by atoms with E-state index in [1.165, 1.54) is 30.8 Å². The fourth-order valence-corrected chi connectivity index (χ4v) is 8.55. The van der Waals surface area contributed by atoms with Crippen LogP contribution in [0.4, 0.5) is 11.4 Å². The van der Waals surface area contributed by atoms with Crippen molar-refractivity contribution in [2.75, 3.05) is 16.9 Å². The maximum atomic E-state index is 14.4. The molecule has 3 fully saturated rings. The summed E-state index contributed by atoms with van der Waals surface area (Å²) in [5.74, 6) is -6.00. The Morgan fingerprint density at radius 3 is 1.79 bits per heavy atom. The first-order chi connectivity index (χ1) is 22.9. The first kappa shape index (κ1) is 31.7. The molecule has 6 unspecified atom stereocenters. The molecule has 1 N–H and O–H groups in total. The van der Waals surface area contributed by atoms with Crippen LogP contribution in [-0.4, -0.2) is 47.4 Å². The van der Waals surface area contributed by atoms with Crippen molar-refractivity contribution >= 4 is 62.5 Å². The number of imide groups is 2. The minimum atomic E-state index is -0.826. The number of benzene rings is 3. The number of phenolic OH excluding ortho intramolecular Hbond substituents is 1. The number of Topliss-reactive ketones (excluding diaryl/α,β-unsaturated/α-hetero) is 2. The van der Waals surface area contributed by atoms with Crippen molar-refractivity contribution in [2.24, 2.45) is 29.6 Å². The molecule has 10 nitrogen and oxygen atoms in total. The van der Waals surface area contributed by atoms with Gasteiger partial charge in [-0.15, -0.1) is 0 Å². The lowest BCUT2D eigenvalue weighted by molar-refractivity contribution is -0.126. The highest BCUT2D eigenvalue weighted by molar-refractivity contribution is 9.10. The number of ether oxygens (including phenoxy) is 1. The molecule has 2 aliphatic carbocycles. The van der Waals surface area contributed by atoms with Crippen molar-refractivity contribution in [3.63, 3.8) is 0 Å². The number of carbonyl (C=O) groups is 6. The number of anilines is 2. The van der Waals surface area contributed by atoms with Crippen molar-refractivity contribution in [1.29, 1.82) is 0 Å². The summed E-state index contributed by atoms with van der Waals surface area (Å²) in [5, 5.41) is 10.6. The van der Waals surface area contributed by atoms with Gasteiger partial charge in [-0.3, -0.25) is 38.6 Å². The SMILES string of the molecule is COc1cc(C2C3=CCC4C(=O)N(c5ccc(C(C)=O)cc5)C(=O)C4C3CC3C(=O)N(c4ccc(C(C)=O)cc4)C(=O)C32)cc(Br)c1O. The number of hydrogen-bond acceptors (Lipinski definition) is 8. The summed E-state index contributed by atoms with van der Waals surface area (Å²) in [6.45, 7) is 2.87. The molecule has 1 saturated carbocycles. The molecule has 48 heavy (non-hydrogen) atoms. The Balaban J connectivity index is 1.33. The third-order valence-electron chi connectivity index (χ3n) is 10.3. The predicted molar refractivity (Wildman–Crippen MR) is 178 cm³/mol. The summed E-state index contributed by atoms with van der Waals surface area (Å²) in [4.78, 5) is 82.7. The van der Waals surface area contributed by atoms with Crippen LogP contribution in [-0.2, 0) is 19.2 Å². The number of halogens is 1. The lowest BCUT2D eigenvalue weighted by Crippen LogP contribution is -2.43. The molecule has 0 bridgehead atoms. The second-order valence-electron chi connectivity index (χ2n) is 12.8. The maximum absolute atomic E-state index is 14.4. The average molecular weight is 712 g/mol. The summed E-state index contributed by atoms with van der Waals surface area (Å²) in [7, 11) is 1.42. The van der Waals surface area contributed by atoms with Crippen LogP contribution in [0.1, 0.15) is 58.9 Å². The Labute approximate surface area is 284 Å². The van der Waals surface area contributed by atoms with E-state index < -0.39 is 47.3 Å². The van der Waals surface area contributed by atoms with Crippen LogP contribution >= 0.6 is 15.9 Å². The van der Waals surface area contributed by atoms with E-state index >= 15 is 0 Å². The fraction of sp³-hybridized carbons (Fsp3) is 0.297. The highest BCUT2D eigenvalue weighted by atomic mass is 79.9. The van der Waals surface area contributed by atoms with Crippen LogP contribution in [0.25, 0.3) is 0 Å². The van der Waals surface area contributed by atoms with E-state index in [-0.39, 0.29) is 47.7 Å². The molecular formula is C37H31BrN2O8. The number of ketones is 2. The molecule has 2 heterocycles. The van der Waals surface area contributed by atoms with Gasteiger partial charge >= 0.3 is 0 Å². The van der Waals surface area contributed by atoms with E-state index in [9.17, 15) is 33.9 Å². The number of nitrogens with zero attached hydrogens (tertiary/aromatic N) is 2. The monoisotopic (exact) mass is 710 g/mol. The van der Waals surface area contributed by atoms with Gasteiger partial charge in [0.2, 0.25) is 23.6 Å². The van der Waals surface area contributed by atoms with Crippen molar-refractivity contribution in [1.82, 2.24) is 0 Å². The van der Waals surface area contributed by atoms with Gasteiger partial charge in [0.15, 0.2) is 23.1 Å². The molecule has 11 heteroatoms. The number of amides is 4. The third-order valence-corrected chi connectivity index (χ3v) is 10.9. The van der Waals surface area contributed by atoms with Gasteiger partial charge in [0.25, 0.3) is 0 Å². The molecule has 244 valence electrons. The maximum Gasteiger partial charge on any atom is 0.238 e. The van der Waals surface area contributed by atoms with Gasteiger partial charge in [-0.2, -0.15) is 0 Å². The Morgan fingerprint density at radius 1 is 0.750 bits per heavy atom. The van der Waals surface area contributed by atoms with Crippen molar-refractivity contribution in [3.8, 4) is 11.5 Å². The van der Waals surface area contributed by atoms with Gasteiger partial charge in [0.05, 0.1) is 46.6 Å². The van der Waals surface area contributed by atoms with Crippen LogP contribution in [0.2, 0.25) is 0 Å². The average Bonchev–Trinajstić information content (AvgIpc) is 3.48. The number of fused-ring (bicyclic) bond motifs is 4. The Kier molecular flexibility index (Phi) is 7.70. The van der Waals surface area contributed by atoms with Gasteiger partial charge in [0.1, 0.15) is 0 Å². The minimum Gasteiger partial charge on any atom is -0.503 e. The van der Waals surface area contributed by atoms with E-state index in [2.05, 4.69) is 15.9 Å². The zero-order chi connectivity index (χ0) is 34.2. The zero-order valence-electron chi connectivity index (χ0n) is 26.3. The molecule has 2 saturated heterocycles. The summed E-state index contributed by atoms with van der Waals surface area (Å²) < 4.78 is 5.78. The van der Waals surface area contributed by atoms with Crippen LogP contribution < -0.4 is 14.5 Å². The molecule has 0 radical (unpaired) electrons. The number of allylic oxidation sites excluding steroid dienone is 2. The zero-order valence-corrected chi connectivity index (χ0v) is 27.9. The summed E-state index contributed by atoms with van der Waals surface area (Å²) in [6.07, 6.45) is 2.40. The van der Waals surface area contributed by atoms with Crippen LogP contribution in [0.3, 0.4) is 0 Å². The minimum absolute atomic E-state index is 0.119. The molecule has 0 spiro atoms. The summed E-state index contributed by atoms with van der Waals surface area (Å²) in [5.41, 5.74) is 3.03. The van der Waals surface area contributed by atoms with Crippen LogP contribution in [0, 0.1) is 29.6 Å². The smallest absolute Gasteiger partial charge is 0.238 e. The number of rotatable bonds is 6. The molecule has 4 amide bonds. The predicted octanol–water partition coefficient (Wildman–Crippen LogP) is 5.61. The lowest BCUT2D eigenvalue weighted by Gasteiger charge is -2.44. The quantitative estimate of drug-likeness (QED) is 0.198. The topological polar surface area (TPSA) is 138 Å². The number of methoxy groups -OCH3 is 1. The number of hydrogen-bond donors (Lipinski definition) is 1. The Bertz CT molecular complexity index is 1970. The van der Waals surface area contributed by atoms with E-state index in [1.807, 2.05) is 6.08 Å². The van der Waals surface area contributed by atoms with E-state index in [4.69, 9.17) is 4.74 Å². The second-order valence-corrected chi connectivity index (χ2v) is 13.7. The molecule has 0 aromatic heterocycles. The largest absolute Gasteiger partial charge is 0.503 e. The van der Waals surface area contributed by atoms with E-state index in [0.29, 0.717) is 32.5 Å². The Morgan fingerprint density at radius 2 is 1.27 bits per heavy atom. The van der Waals surface area contributed by atoms with Crippen LogP contribution in [0.15, 0.2) is 76.8 Å². The van der Waals surface area contributed by atoms with E-state index in [0.717, 1.165) is 5.57 Å². The van der Waals surface area contributed by atoms with Crippen molar-refractivity contribution in [2.45, 2.75) is 32.6 Å². The fourth-order valence-electron chi connectivity index (χ4n) is 8.09. The van der Waals surface area contributed by atoms with Crippen LogP contribution in [0.5, 0.6) is 11.5 Å². The summed E-state index contributed by atoms with van der Waals surface area (Å²) in [6, 6.07) is 16.0. The van der Waals surface area contributed by atoms with Gasteiger partial charge in [-0.1, -0.05) is 11.6 Å². The molecule has 4 aliphatic rings. The number of phenols is 1. The number of carbonyl (C=O) groups excluding carboxylic acids is 6. The molecule has 3 aromatic rings. The molecule has 6 atom stereocenters. The van der Waals surface area contributed by atoms with Gasteiger partial charge in [-0.25, -0.2) is 0 Å². The first-order valence-corrected chi connectivity index (χ1v) is 16.5. The highest BCUT2D eigenvalue weighted by Gasteiger charge is 2.62.